The van der Waals surface area contributed by atoms with Crippen molar-refractivity contribution in [2.24, 2.45) is 0 Å². The normalized spacial score (nSPS) is 14.0. The second kappa shape index (κ2) is 5.58. The Bertz CT molecular complexity index is 372. The minimum Gasteiger partial charge on any atom is -0.386 e. The van der Waals surface area contributed by atoms with E-state index in [1.54, 1.807) is 18.5 Å². The first-order chi connectivity index (χ1) is 7.05. The molecule has 1 atom stereocenters. The van der Waals surface area contributed by atoms with E-state index in [-0.39, 0.29) is 11.5 Å². The second-order valence-electron chi connectivity index (χ2n) is 3.26. The molecule has 1 rings (SSSR count). The maximum absolute atomic E-state index is 11.2. The van der Waals surface area contributed by atoms with Crippen molar-refractivity contribution in [2.75, 3.05) is 11.5 Å². The fraction of sp³-hybridized carbons (Fsp3) is 0.667. The van der Waals surface area contributed by atoms with Crippen LogP contribution in [0.5, 0.6) is 0 Å². The first-order valence-corrected chi connectivity index (χ1v) is 7.53. The van der Waals surface area contributed by atoms with E-state index in [4.69, 9.17) is 0 Å². The summed E-state index contributed by atoms with van der Waals surface area (Å²) in [5.41, 5.74) is 0. The number of aliphatic hydroxyl groups is 1. The molecule has 1 aromatic rings. The van der Waals surface area contributed by atoms with Gasteiger partial charge >= 0.3 is 0 Å². The smallest absolute Gasteiger partial charge is 0.150 e. The number of sulfone groups is 1. The highest BCUT2D eigenvalue weighted by Gasteiger charge is 2.12. The lowest BCUT2D eigenvalue weighted by molar-refractivity contribution is 0.166. The third-order valence-electron chi connectivity index (χ3n) is 2.11. The molecule has 86 valence electrons. The van der Waals surface area contributed by atoms with Crippen LogP contribution in [0.15, 0.2) is 11.6 Å². The van der Waals surface area contributed by atoms with Gasteiger partial charge < -0.3 is 5.11 Å². The minimum atomic E-state index is -2.91. The molecule has 0 aromatic carbocycles. The fourth-order valence-electron chi connectivity index (χ4n) is 1.16. The van der Waals surface area contributed by atoms with Crippen molar-refractivity contribution in [3.8, 4) is 0 Å². The average molecular weight is 249 g/mol. The zero-order valence-corrected chi connectivity index (χ0v) is 10.2. The quantitative estimate of drug-likeness (QED) is 0.827. The summed E-state index contributed by atoms with van der Waals surface area (Å²) in [6.45, 7) is 1.63. The zero-order valence-electron chi connectivity index (χ0n) is 8.59. The first-order valence-electron chi connectivity index (χ1n) is 4.83. The number of nitrogens with zero attached hydrogens (tertiary/aromatic N) is 1. The summed E-state index contributed by atoms with van der Waals surface area (Å²) in [5, 5.41) is 12.1. The molecule has 4 nitrogen and oxygen atoms in total. The van der Waals surface area contributed by atoms with Crippen LogP contribution in [0, 0.1) is 0 Å². The van der Waals surface area contributed by atoms with Crippen molar-refractivity contribution in [3.63, 3.8) is 0 Å². The number of hydrogen-bond acceptors (Lipinski definition) is 5. The van der Waals surface area contributed by atoms with Crippen molar-refractivity contribution in [2.45, 2.75) is 25.9 Å². The molecular weight excluding hydrogens is 234 g/mol. The Morgan fingerprint density at radius 1 is 1.60 bits per heavy atom. The van der Waals surface area contributed by atoms with Crippen LogP contribution < -0.4 is 0 Å². The number of rotatable bonds is 6. The van der Waals surface area contributed by atoms with Gasteiger partial charge in [-0.05, 0) is 12.8 Å². The molecule has 0 aliphatic carbocycles. The Hall–Kier alpha value is -0.460. The summed E-state index contributed by atoms with van der Waals surface area (Å²) < 4.78 is 22.3. The maximum Gasteiger partial charge on any atom is 0.150 e. The zero-order chi connectivity index (χ0) is 11.3. The maximum atomic E-state index is 11.2. The van der Waals surface area contributed by atoms with Gasteiger partial charge in [-0.25, -0.2) is 13.4 Å². The van der Waals surface area contributed by atoms with Crippen LogP contribution in [-0.4, -0.2) is 30.0 Å². The SMILES string of the molecule is CCS(=O)(=O)CCCC(O)c1nccs1. The summed E-state index contributed by atoms with van der Waals surface area (Å²) in [5.74, 6) is 0.312. The highest BCUT2D eigenvalue weighted by atomic mass is 32.2. The van der Waals surface area contributed by atoms with Gasteiger partial charge in [-0.15, -0.1) is 11.3 Å². The lowest BCUT2D eigenvalue weighted by Gasteiger charge is -2.06. The van der Waals surface area contributed by atoms with Gasteiger partial charge in [-0.1, -0.05) is 6.92 Å². The van der Waals surface area contributed by atoms with Crippen LogP contribution in [0.2, 0.25) is 0 Å². The van der Waals surface area contributed by atoms with Crippen LogP contribution in [0.4, 0.5) is 0 Å². The highest BCUT2D eigenvalue weighted by Crippen LogP contribution is 2.20. The van der Waals surface area contributed by atoms with Crippen LogP contribution in [0.25, 0.3) is 0 Å². The summed E-state index contributed by atoms with van der Waals surface area (Å²) in [7, 11) is -2.91. The van der Waals surface area contributed by atoms with E-state index in [9.17, 15) is 13.5 Å². The molecule has 0 saturated heterocycles. The van der Waals surface area contributed by atoms with E-state index < -0.39 is 15.9 Å². The molecule has 0 amide bonds. The van der Waals surface area contributed by atoms with E-state index in [1.165, 1.54) is 11.3 Å². The Morgan fingerprint density at radius 2 is 2.33 bits per heavy atom. The first kappa shape index (κ1) is 12.6. The van der Waals surface area contributed by atoms with Gasteiger partial charge in [0.2, 0.25) is 0 Å². The molecule has 1 N–H and O–H groups in total. The summed E-state index contributed by atoms with van der Waals surface area (Å²) in [4.78, 5) is 3.97. The Morgan fingerprint density at radius 3 is 2.87 bits per heavy atom. The molecule has 1 unspecified atom stereocenters. The van der Waals surface area contributed by atoms with Crippen molar-refractivity contribution < 1.29 is 13.5 Å². The van der Waals surface area contributed by atoms with Gasteiger partial charge in [0.15, 0.2) is 0 Å². The molecule has 0 radical (unpaired) electrons. The number of hydrogen-bond donors (Lipinski definition) is 1. The monoisotopic (exact) mass is 249 g/mol. The van der Waals surface area contributed by atoms with E-state index in [0.717, 1.165) is 0 Å². The van der Waals surface area contributed by atoms with Gasteiger partial charge in [0, 0.05) is 17.3 Å². The third kappa shape index (κ3) is 4.27. The van der Waals surface area contributed by atoms with Crippen LogP contribution in [0.3, 0.4) is 0 Å². The molecule has 0 fully saturated rings. The van der Waals surface area contributed by atoms with Crippen molar-refractivity contribution in [3.05, 3.63) is 16.6 Å². The molecule has 1 heterocycles. The Labute approximate surface area is 93.9 Å². The molecular formula is C9H15NO3S2. The van der Waals surface area contributed by atoms with Gasteiger partial charge in [-0.3, -0.25) is 0 Å². The van der Waals surface area contributed by atoms with E-state index in [0.29, 0.717) is 17.8 Å². The number of aliphatic hydroxyl groups excluding tert-OH is 1. The van der Waals surface area contributed by atoms with Crippen molar-refractivity contribution in [1.29, 1.82) is 0 Å². The van der Waals surface area contributed by atoms with Gasteiger partial charge in [0.05, 0.1) is 5.75 Å². The third-order valence-corrected chi connectivity index (χ3v) is 4.78. The summed E-state index contributed by atoms with van der Waals surface area (Å²) in [6.07, 6.45) is 1.94. The molecule has 0 aliphatic rings. The minimum absolute atomic E-state index is 0.145. The van der Waals surface area contributed by atoms with Gasteiger partial charge in [-0.2, -0.15) is 0 Å². The predicted octanol–water partition coefficient (Wildman–Crippen LogP) is 1.39. The lowest BCUT2D eigenvalue weighted by atomic mass is 10.2. The molecule has 0 bridgehead atoms. The standard InChI is InChI=1S/C9H15NO3S2/c1-2-15(12,13)7-3-4-8(11)9-10-5-6-14-9/h5-6,8,11H,2-4,7H2,1H3. The Balaban J connectivity index is 2.33. The van der Waals surface area contributed by atoms with Crippen molar-refractivity contribution in [1.82, 2.24) is 4.98 Å². The molecule has 15 heavy (non-hydrogen) atoms. The van der Waals surface area contributed by atoms with Crippen LogP contribution >= 0.6 is 11.3 Å². The molecule has 0 spiro atoms. The molecule has 0 aliphatic heterocycles. The van der Waals surface area contributed by atoms with Crippen molar-refractivity contribution >= 4 is 21.2 Å². The summed E-state index contributed by atoms with van der Waals surface area (Å²) >= 11 is 1.38. The summed E-state index contributed by atoms with van der Waals surface area (Å²) in [6, 6.07) is 0. The largest absolute Gasteiger partial charge is 0.386 e. The highest BCUT2D eigenvalue weighted by molar-refractivity contribution is 7.91. The van der Waals surface area contributed by atoms with Crippen LogP contribution in [-0.2, 0) is 9.84 Å². The second-order valence-corrected chi connectivity index (χ2v) is 6.66. The number of thiazole rings is 1. The fourth-order valence-corrected chi connectivity index (χ4v) is 2.72. The van der Waals surface area contributed by atoms with E-state index >= 15 is 0 Å². The van der Waals surface area contributed by atoms with E-state index in [1.807, 2.05) is 0 Å². The Kier molecular flexibility index (Phi) is 4.69. The predicted molar refractivity (Wildman–Crippen MR) is 60.6 cm³/mol. The molecule has 0 saturated carbocycles. The molecule has 1 aromatic heterocycles. The van der Waals surface area contributed by atoms with Gasteiger partial charge in [0.25, 0.3) is 0 Å². The lowest BCUT2D eigenvalue weighted by Crippen LogP contribution is -2.09. The number of aromatic nitrogens is 1. The average Bonchev–Trinajstić information content (AvgIpc) is 2.70. The topological polar surface area (TPSA) is 67.3 Å². The van der Waals surface area contributed by atoms with E-state index in [2.05, 4.69) is 4.98 Å². The van der Waals surface area contributed by atoms with Gasteiger partial charge in [0.1, 0.15) is 20.9 Å². The molecule has 6 heteroatoms. The van der Waals surface area contributed by atoms with Crippen LogP contribution in [0.1, 0.15) is 30.9 Å².